The SMILES string of the molecule is Cc1c(C(N)=O)nn(-c2ccc(F)cc2)c1Oc1ccc([N+](=O)[O-])cc1S(=O)(=O)N1CCCC1. The maximum Gasteiger partial charge on any atom is 0.271 e. The Balaban J connectivity index is 1.88. The molecule has 11 nitrogen and oxygen atoms in total. The number of primary amides is 1. The van der Waals surface area contributed by atoms with E-state index in [1.807, 2.05) is 0 Å². The number of rotatable bonds is 7. The van der Waals surface area contributed by atoms with Crippen LogP contribution in [0.25, 0.3) is 5.69 Å². The summed E-state index contributed by atoms with van der Waals surface area (Å²) in [5.74, 6) is -1.59. The van der Waals surface area contributed by atoms with E-state index >= 15 is 0 Å². The van der Waals surface area contributed by atoms with Crippen molar-refractivity contribution in [1.82, 2.24) is 14.1 Å². The van der Waals surface area contributed by atoms with Gasteiger partial charge in [0, 0.05) is 30.8 Å². The van der Waals surface area contributed by atoms with Crippen LogP contribution in [0.5, 0.6) is 11.6 Å². The second-order valence-corrected chi connectivity index (χ2v) is 9.54. The number of carbonyl (C=O) groups excluding carboxylic acids is 1. The monoisotopic (exact) mass is 489 g/mol. The molecule has 1 amide bonds. The normalized spacial score (nSPS) is 14.3. The number of nitrogens with zero attached hydrogens (tertiary/aromatic N) is 4. The quantitative estimate of drug-likeness (QED) is 0.396. The standard InChI is InChI=1S/C21H20FN5O6S/c1-13-19(20(23)28)24-26(15-6-4-14(22)5-7-15)21(13)33-17-9-8-16(27(29)30)12-18(17)34(31,32)25-10-2-3-11-25/h4-9,12H,2-3,10-11H2,1H3,(H2,23,28). The second kappa shape index (κ2) is 8.83. The number of halogens is 1. The molecule has 0 atom stereocenters. The Morgan fingerprint density at radius 1 is 1.18 bits per heavy atom. The summed E-state index contributed by atoms with van der Waals surface area (Å²) in [4.78, 5) is 22.1. The Kier molecular flexibility index (Phi) is 6.06. The van der Waals surface area contributed by atoms with Crippen molar-refractivity contribution >= 4 is 21.6 Å². The molecule has 4 rings (SSSR count). The Hall–Kier alpha value is -3.84. The number of nitro groups is 1. The summed E-state index contributed by atoms with van der Waals surface area (Å²) in [5.41, 5.74) is 5.39. The first kappa shape index (κ1) is 23.3. The van der Waals surface area contributed by atoms with Crippen LogP contribution in [-0.2, 0) is 10.0 Å². The van der Waals surface area contributed by atoms with E-state index < -0.39 is 37.3 Å². The molecule has 0 bridgehead atoms. The highest BCUT2D eigenvalue weighted by molar-refractivity contribution is 7.89. The van der Waals surface area contributed by atoms with Gasteiger partial charge in [-0.2, -0.15) is 14.1 Å². The Bertz CT molecular complexity index is 1380. The molecule has 1 aliphatic rings. The molecule has 178 valence electrons. The molecule has 0 saturated carbocycles. The zero-order valence-electron chi connectivity index (χ0n) is 18.0. The number of nitrogens with two attached hydrogens (primary N) is 1. The topological polar surface area (TPSA) is 151 Å². The Morgan fingerprint density at radius 3 is 2.41 bits per heavy atom. The predicted octanol–water partition coefficient (Wildman–Crippen LogP) is 2.90. The van der Waals surface area contributed by atoms with Crippen molar-refractivity contribution in [3.8, 4) is 17.3 Å². The molecule has 0 spiro atoms. The van der Waals surface area contributed by atoms with Crippen molar-refractivity contribution in [1.29, 1.82) is 0 Å². The molecule has 13 heteroatoms. The minimum absolute atomic E-state index is 0.0490. The number of benzene rings is 2. The lowest BCUT2D eigenvalue weighted by molar-refractivity contribution is -0.385. The summed E-state index contributed by atoms with van der Waals surface area (Å²) < 4.78 is 48.4. The van der Waals surface area contributed by atoms with Crippen molar-refractivity contribution < 1.29 is 27.3 Å². The van der Waals surface area contributed by atoms with Crippen LogP contribution in [0.15, 0.2) is 47.4 Å². The number of sulfonamides is 1. The molecule has 1 aliphatic heterocycles. The zero-order chi connectivity index (χ0) is 24.6. The van der Waals surface area contributed by atoms with Gasteiger partial charge in [0.25, 0.3) is 11.6 Å². The number of hydrogen-bond donors (Lipinski definition) is 1. The van der Waals surface area contributed by atoms with E-state index in [0.29, 0.717) is 18.5 Å². The molecular weight excluding hydrogens is 469 g/mol. The van der Waals surface area contributed by atoms with Gasteiger partial charge >= 0.3 is 0 Å². The minimum Gasteiger partial charge on any atom is -0.437 e. The zero-order valence-corrected chi connectivity index (χ0v) is 18.8. The summed E-state index contributed by atoms with van der Waals surface area (Å²) in [6.45, 7) is 2.06. The molecule has 2 heterocycles. The molecule has 0 aliphatic carbocycles. The molecular formula is C21H20FN5O6S. The van der Waals surface area contributed by atoms with Gasteiger partial charge in [-0.15, -0.1) is 0 Å². The molecule has 34 heavy (non-hydrogen) atoms. The van der Waals surface area contributed by atoms with Crippen LogP contribution in [0.1, 0.15) is 28.9 Å². The van der Waals surface area contributed by atoms with E-state index in [4.69, 9.17) is 10.5 Å². The fourth-order valence-electron chi connectivity index (χ4n) is 3.66. The van der Waals surface area contributed by atoms with E-state index in [9.17, 15) is 27.7 Å². The van der Waals surface area contributed by atoms with Gasteiger partial charge in [-0.1, -0.05) is 0 Å². The number of non-ortho nitro benzene ring substituents is 1. The van der Waals surface area contributed by atoms with Crippen molar-refractivity contribution in [2.45, 2.75) is 24.7 Å². The highest BCUT2D eigenvalue weighted by Crippen LogP contribution is 2.37. The average molecular weight is 489 g/mol. The van der Waals surface area contributed by atoms with Gasteiger partial charge in [-0.05, 0) is 50.1 Å². The Morgan fingerprint density at radius 2 is 1.82 bits per heavy atom. The van der Waals surface area contributed by atoms with Crippen molar-refractivity contribution in [2.24, 2.45) is 5.73 Å². The van der Waals surface area contributed by atoms with Crippen LogP contribution in [0.2, 0.25) is 0 Å². The second-order valence-electron chi connectivity index (χ2n) is 7.63. The van der Waals surface area contributed by atoms with Gasteiger partial charge in [0.15, 0.2) is 5.69 Å². The van der Waals surface area contributed by atoms with E-state index in [0.717, 1.165) is 12.1 Å². The molecule has 3 aromatic rings. The lowest BCUT2D eigenvalue weighted by atomic mass is 10.2. The van der Waals surface area contributed by atoms with Crippen LogP contribution in [0.4, 0.5) is 10.1 Å². The number of amides is 1. The predicted molar refractivity (Wildman–Crippen MR) is 118 cm³/mol. The van der Waals surface area contributed by atoms with Crippen LogP contribution in [-0.4, -0.2) is 46.4 Å². The minimum atomic E-state index is -4.12. The highest BCUT2D eigenvalue weighted by Gasteiger charge is 2.33. The summed E-state index contributed by atoms with van der Waals surface area (Å²) in [7, 11) is -4.12. The first-order chi connectivity index (χ1) is 16.1. The van der Waals surface area contributed by atoms with Crippen LogP contribution in [0, 0.1) is 22.9 Å². The van der Waals surface area contributed by atoms with Gasteiger partial charge in [-0.25, -0.2) is 12.8 Å². The molecule has 1 fully saturated rings. The van der Waals surface area contributed by atoms with Gasteiger partial charge in [-0.3, -0.25) is 14.9 Å². The number of hydrogen-bond acceptors (Lipinski definition) is 7. The smallest absolute Gasteiger partial charge is 0.271 e. The number of carbonyl (C=O) groups is 1. The number of ether oxygens (including phenoxy) is 1. The summed E-state index contributed by atoms with van der Waals surface area (Å²) in [6, 6.07) is 8.35. The van der Waals surface area contributed by atoms with Crippen LogP contribution < -0.4 is 10.5 Å². The number of nitro benzene ring substituents is 1. The first-order valence-corrected chi connectivity index (χ1v) is 11.7. The fourth-order valence-corrected chi connectivity index (χ4v) is 5.31. The van der Waals surface area contributed by atoms with E-state index in [1.165, 1.54) is 46.2 Å². The number of aromatic nitrogens is 2. The van der Waals surface area contributed by atoms with Crippen LogP contribution >= 0.6 is 0 Å². The molecule has 0 unspecified atom stereocenters. The molecule has 2 N–H and O–H groups in total. The van der Waals surface area contributed by atoms with Crippen molar-refractivity contribution in [3.05, 3.63) is 69.7 Å². The van der Waals surface area contributed by atoms with E-state index in [2.05, 4.69) is 5.10 Å². The van der Waals surface area contributed by atoms with Gasteiger partial charge in [0.2, 0.25) is 15.9 Å². The molecule has 2 aromatic carbocycles. The van der Waals surface area contributed by atoms with Crippen LogP contribution in [0.3, 0.4) is 0 Å². The lowest BCUT2D eigenvalue weighted by Crippen LogP contribution is -2.28. The largest absolute Gasteiger partial charge is 0.437 e. The van der Waals surface area contributed by atoms with Gasteiger partial charge < -0.3 is 10.5 Å². The fraction of sp³-hybridized carbons (Fsp3) is 0.238. The van der Waals surface area contributed by atoms with E-state index in [1.54, 1.807) is 0 Å². The van der Waals surface area contributed by atoms with E-state index in [-0.39, 0.29) is 36.0 Å². The maximum absolute atomic E-state index is 13.4. The van der Waals surface area contributed by atoms with Gasteiger partial charge in [0.1, 0.15) is 16.5 Å². The summed E-state index contributed by atoms with van der Waals surface area (Å²) >= 11 is 0. The lowest BCUT2D eigenvalue weighted by Gasteiger charge is -2.18. The molecule has 1 saturated heterocycles. The molecule has 1 aromatic heterocycles. The average Bonchev–Trinajstić information content (AvgIpc) is 3.44. The third kappa shape index (κ3) is 4.22. The third-order valence-electron chi connectivity index (χ3n) is 5.40. The summed E-state index contributed by atoms with van der Waals surface area (Å²) in [6.07, 6.45) is 1.34. The molecule has 0 radical (unpaired) electrons. The third-order valence-corrected chi connectivity index (χ3v) is 7.32. The van der Waals surface area contributed by atoms with Crippen molar-refractivity contribution in [2.75, 3.05) is 13.1 Å². The highest BCUT2D eigenvalue weighted by atomic mass is 32.2. The van der Waals surface area contributed by atoms with Crippen molar-refractivity contribution in [3.63, 3.8) is 0 Å². The van der Waals surface area contributed by atoms with Gasteiger partial charge in [0.05, 0.1) is 10.6 Å². The Labute approximate surface area is 193 Å². The first-order valence-electron chi connectivity index (χ1n) is 10.2. The summed E-state index contributed by atoms with van der Waals surface area (Å²) in [5, 5.41) is 15.5. The maximum atomic E-state index is 13.4.